The van der Waals surface area contributed by atoms with Crippen molar-refractivity contribution in [2.45, 2.75) is 6.92 Å². The van der Waals surface area contributed by atoms with E-state index in [2.05, 4.69) is 31.9 Å². The topological polar surface area (TPSA) is 70.2 Å². The van der Waals surface area contributed by atoms with Gasteiger partial charge >= 0.3 is 0 Å². The average molecular weight is 365 g/mol. The van der Waals surface area contributed by atoms with Crippen LogP contribution in [0.25, 0.3) is 0 Å². The minimum absolute atomic E-state index is 0. The zero-order valence-electron chi connectivity index (χ0n) is 11.2. The van der Waals surface area contributed by atoms with Crippen LogP contribution in [0.3, 0.4) is 0 Å². The first-order valence-corrected chi connectivity index (χ1v) is 6.94. The SMILES string of the molecule is CCNCCNC(=O)CNC(=O)c1cccc(Br)c1.Cl. The molecule has 7 heteroatoms. The Labute approximate surface area is 133 Å². The van der Waals surface area contributed by atoms with Crippen molar-refractivity contribution < 1.29 is 9.59 Å². The predicted molar refractivity (Wildman–Crippen MR) is 85.3 cm³/mol. The van der Waals surface area contributed by atoms with Gasteiger partial charge in [0.1, 0.15) is 0 Å². The normalized spacial score (nSPS) is 9.50. The second kappa shape index (κ2) is 10.7. The van der Waals surface area contributed by atoms with E-state index < -0.39 is 0 Å². The molecule has 0 aliphatic rings. The van der Waals surface area contributed by atoms with E-state index in [9.17, 15) is 9.59 Å². The van der Waals surface area contributed by atoms with Crippen LogP contribution in [0.2, 0.25) is 0 Å². The fourth-order valence-electron chi connectivity index (χ4n) is 1.42. The third kappa shape index (κ3) is 7.47. The Kier molecular flexibility index (Phi) is 10.1. The number of hydrogen-bond acceptors (Lipinski definition) is 3. The van der Waals surface area contributed by atoms with E-state index in [1.54, 1.807) is 18.2 Å². The van der Waals surface area contributed by atoms with Gasteiger partial charge in [-0.1, -0.05) is 28.9 Å². The van der Waals surface area contributed by atoms with Crippen molar-refractivity contribution >= 4 is 40.2 Å². The fraction of sp³-hybridized carbons (Fsp3) is 0.385. The van der Waals surface area contributed by atoms with Crippen LogP contribution in [0.4, 0.5) is 0 Å². The van der Waals surface area contributed by atoms with E-state index in [4.69, 9.17) is 0 Å². The van der Waals surface area contributed by atoms with Crippen LogP contribution in [0.15, 0.2) is 28.7 Å². The van der Waals surface area contributed by atoms with E-state index in [1.165, 1.54) is 0 Å². The molecule has 1 aromatic rings. The summed E-state index contributed by atoms with van der Waals surface area (Å²) in [6, 6.07) is 7.02. The summed E-state index contributed by atoms with van der Waals surface area (Å²) >= 11 is 3.29. The molecule has 0 aliphatic heterocycles. The molecule has 1 aromatic carbocycles. The van der Waals surface area contributed by atoms with Crippen molar-refractivity contribution in [3.63, 3.8) is 0 Å². The molecule has 0 heterocycles. The Morgan fingerprint density at radius 2 is 1.95 bits per heavy atom. The number of rotatable bonds is 7. The van der Waals surface area contributed by atoms with Crippen molar-refractivity contribution in [3.05, 3.63) is 34.3 Å². The second-order valence-corrected chi connectivity index (χ2v) is 4.81. The van der Waals surface area contributed by atoms with Gasteiger partial charge in [0.25, 0.3) is 5.91 Å². The summed E-state index contributed by atoms with van der Waals surface area (Å²) < 4.78 is 0.829. The third-order valence-electron chi connectivity index (χ3n) is 2.37. The van der Waals surface area contributed by atoms with E-state index in [0.29, 0.717) is 12.1 Å². The predicted octanol–water partition coefficient (Wildman–Crippen LogP) is 1.33. The molecule has 0 aromatic heterocycles. The first-order chi connectivity index (χ1) is 9.13. The molecule has 0 fully saturated rings. The highest BCUT2D eigenvalue weighted by Gasteiger charge is 2.07. The maximum atomic E-state index is 11.8. The average Bonchev–Trinajstić information content (AvgIpc) is 2.41. The highest BCUT2D eigenvalue weighted by molar-refractivity contribution is 9.10. The van der Waals surface area contributed by atoms with E-state index in [1.807, 2.05) is 13.0 Å². The molecule has 1 rings (SSSR count). The molecule has 0 radical (unpaired) electrons. The third-order valence-corrected chi connectivity index (χ3v) is 2.86. The number of nitrogens with one attached hydrogen (secondary N) is 3. The van der Waals surface area contributed by atoms with Gasteiger partial charge in [-0.3, -0.25) is 9.59 Å². The van der Waals surface area contributed by atoms with Crippen LogP contribution in [0.1, 0.15) is 17.3 Å². The van der Waals surface area contributed by atoms with E-state index in [-0.39, 0.29) is 30.8 Å². The van der Waals surface area contributed by atoms with Crippen LogP contribution < -0.4 is 16.0 Å². The largest absolute Gasteiger partial charge is 0.353 e. The maximum Gasteiger partial charge on any atom is 0.251 e. The Balaban J connectivity index is 0.00000361. The summed E-state index contributed by atoms with van der Waals surface area (Å²) in [5.41, 5.74) is 0.523. The van der Waals surface area contributed by atoms with Gasteiger partial charge in [0, 0.05) is 23.1 Å². The summed E-state index contributed by atoms with van der Waals surface area (Å²) in [5, 5.41) is 8.38. The van der Waals surface area contributed by atoms with E-state index in [0.717, 1.165) is 17.6 Å². The standard InChI is InChI=1S/C13H18BrN3O2.ClH/c1-2-15-6-7-16-12(18)9-17-13(19)10-4-3-5-11(14)8-10;/h3-5,8,15H,2,6-7,9H2,1H3,(H,16,18)(H,17,19);1H. The first-order valence-electron chi connectivity index (χ1n) is 6.14. The molecular formula is C13H19BrClN3O2. The summed E-state index contributed by atoms with van der Waals surface area (Å²) in [6.07, 6.45) is 0. The van der Waals surface area contributed by atoms with Crippen LogP contribution >= 0.6 is 28.3 Å². The van der Waals surface area contributed by atoms with Crippen molar-refractivity contribution in [2.75, 3.05) is 26.2 Å². The van der Waals surface area contributed by atoms with Gasteiger partial charge in [-0.05, 0) is 24.7 Å². The molecule has 3 N–H and O–H groups in total. The van der Waals surface area contributed by atoms with Gasteiger partial charge in [0.15, 0.2) is 0 Å². The molecule has 0 spiro atoms. The molecule has 0 aliphatic carbocycles. The van der Waals surface area contributed by atoms with Crippen molar-refractivity contribution in [1.82, 2.24) is 16.0 Å². The van der Waals surface area contributed by atoms with Gasteiger partial charge in [-0.2, -0.15) is 0 Å². The Morgan fingerprint density at radius 1 is 1.20 bits per heavy atom. The molecule has 5 nitrogen and oxygen atoms in total. The molecule has 0 atom stereocenters. The molecule has 0 saturated heterocycles. The van der Waals surface area contributed by atoms with Crippen LogP contribution in [0, 0.1) is 0 Å². The Morgan fingerprint density at radius 3 is 2.60 bits per heavy atom. The van der Waals surface area contributed by atoms with Gasteiger partial charge in [-0.15, -0.1) is 12.4 Å². The van der Waals surface area contributed by atoms with Gasteiger partial charge in [0.2, 0.25) is 5.91 Å². The lowest BCUT2D eigenvalue weighted by Crippen LogP contribution is -2.39. The quantitative estimate of drug-likeness (QED) is 0.639. The molecule has 20 heavy (non-hydrogen) atoms. The van der Waals surface area contributed by atoms with Crippen LogP contribution in [-0.2, 0) is 4.79 Å². The van der Waals surface area contributed by atoms with Gasteiger partial charge < -0.3 is 16.0 Å². The van der Waals surface area contributed by atoms with Crippen molar-refractivity contribution in [2.24, 2.45) is 0 Å². The molecule has 0 saturated carbocycles. The van der Waals surface area contributed by atoms with Crippen LogP contribution in [-0.4, -0.2) is 38.0 Å². The highest BCUT2D eigenvalue weighted by atomic mass is 79.9. The molecule has 0 bridgehead atoms. The molecule has 2 amide bonds. The minimum atomic E-state index is -0.261. The summed E-state index contributed by atoms with van der Waals surface area (Å²) in [5.74, 6) is -0.454. The minimum Gasteiger partial charge on any atom is -0.353 e. The lowest BCUT2D eigenvalue weighted by Gasteiger charge is -2.07. The van der Waals surface area contributed by atoms with Gasteiger partial charge in [-0.25, -0.2) is 0 Å². The lowest BCUT2D eigenvalue weighted by molar-refractivity contribution is -0.120. The van der Waals surface area contributed by atoms with Crippen molar-refractivity contribution in [3.8, 4) is 0 Å². The Hall–Kier alpha value is -1.11. The zero-order valence-corrected chi connectivity index (χ0v) is 13.6. The summed E-state index contributed by atoms with van der Waals surface area (Å²) in [4.78, 5) is 23.2. The lowest BCUT2D eigenvalue weighted by atomic mass is 10.2. The number of hydrogen-bond donors (Lipinski definition) is 3. The summed E-state index contributed by atoms with van der Waals surface area (Å²) in [7, 11) is 0. The molecule has 112 valence electrons. The number of carbonyl (C=O) groups is 2. The Bertz CT molecular complexity index is 443. The smallest absolute Gasteiger partial charge is 0.251 e. The summed E-state index contributed by atoms with van der Waals surface area (Å²) in [6.45, 7) is 4.13. The first kappa shape index (κ1) is 18.9. The van der Waals surface area contributed by atoms with Crippen LogP contribution in [0.5, 0.6) is 0 Å². The van der Waals surface area contributed by atoms with E-state index >= 15 is 0 Å². The number of halogens is 2. The maximum absolute atomic E-state index is 11.8. The van der Waals surface area contributed by atoms with Gasteiger partial charge in [0.05, 0.1) is 6.54 Å². The monoisotopic (exact) mass is 363 g/mol. The highest BCUT2D eigenvalue weighted by Crippen LogP contribution is 2.11. The number of carbonyl (C=O) groups excluding carboxylic acids is 2. The number of likely N-dealkylation sites (N-methyl/N-ethyl adjacent to an activating group) is 1. The zero-order chi connectivity index (χ0) is 14.1. The number of benzene rings is 1. The second-order valence-electron chi connectivity index (χ2n) is 3.90. The van der Waals surface area contributed by atoms with Crippen molar-refractivity contribution in [1.29, 1.82) is 0 Å². The number of amides is 2. The fourth-order valence-corrected chi connectivity index (χ4v) is 1.82. The molecular weight excluding hydrogens is 346 g/mol. The molecule has 0 unspecified atom stereocenters.